The Bertz CT molecular complexity index is 1690. The van der Waals surface area contributed by atoms with Crippen LogP contribution in [0.25, 0.3) is 0 Å². The largest absolute Gasteiger partial charge is 0.490 e. The van der Waals surface area contributed by atoms with E-state index in [-0.39, 0.29) is 53.6 Å². The Kier molecular flexibility index (Phi) is 12.3. The van der Waals surface area contributed by atoms with Gasteiger partial charge in [-0.1, -0.05) is 24.6 Å². The van der Waals surface area contributed by atoms with Crippen LogP contribution in [-0.2, 0) is 21.3 Å². The lowest BCUT2D eigenvalue weighted by Crippen LogP contribution is -2.47. The molecule has 13 heteroatoms. The van der Waals surface area contributed by atoms with Crippen LogP contribution in [0, 0.1) is 5.92 Å². The molecule has 0 bridgehead atoms. The van der Waals surface area contributed by atoms with Gasteiger partial charge in [-0.3, -0.25) is 14.4 Å². The van der Waals surface area contributed by atoms with Crippen LogP contribution < -0.4 is 18.9 Å². The van der Waals surface area contributed by atoms with Crippen LogP contribution in [0.15, 0.2) is 65.6 Å². The first-order valence-corrected chi connectivity index (χ1v) is 18.5. The Hall–Kier alpha value is -3.55. The van der Waals surface area contributed by atoms with Gasteiger partial charge in [0.25, 0.3) is 15.9 Å². The van der Waals surface area contributed by atoms with Crippen molar-refractivity contribution in [2.75, 3.05) is 44.9 Å². The number of aliphatic hydroxyl groups is 1. The van der Waals surface area contributed by atoms with Gasteiger partial charge in [-0.25, -0.2) is 8.42 Å². The second-order valence-corrected chi connectivity index (χ2v) is 15.1. The third kappa shape index (κ3) is 9.58. The predicted molar refractivity (Wildman–Crippen MR) is 188 cm³/mol. The van der Waals surface area contributed by atoms with Crippen LogP contribution >= 0.6 is 11.6 Å². The first-order chi connectivity index (χ1) is 23.4. The topological polar surface area (TPSA) is 127 Å². The number of amides is 1. The van der Waals surface area contributed by atoms with Crippen molar-refractivity contribution in [3.63, 3.8) is 0 Å². The molecule has 0 saturated carbocycles. The molecule has 1 amide bonds. The van der Waals surface area contributed by atoms with E-state index in [1.165, 1.54) is 30.3 Å². The predicted octanol–water partition coefficient (Wildman–Crippen LogP) is 5.80. The molecule has 0 aromatic heterocycles. The number of rotatable bonds is 9. The number of carbonyl (C=O) groups is 1. The molecule has 2 aliphatic heterocycles. The SMILES string of the molecule is C[C@@H]1CCCCO[C@H](CN(C)Cc2ccc3c(c2)OCO3)[C@H](C)CN([C@@H](C)CO)C(=O)c2cc(NS(=O)(=O)c3ccc(Cl)cc3)ccc2O1. The summed E-state index contributed by atoms with van der Waals surface area (Å²) in [4.78, 5) is 18.3. The quantitative estimate of drug-likeness (QED) is 0.283. The van der Waals surface area contributed by atoms with Gasteiger partial charge in [-0.05, 0) is 100 Å². The standard InChI is InChI=1S/C36H46ClN3O8S/c1-24-19-40(25(2)22-41)36(42)31-18-29(38-49(43,44)30-12-9-28(37)10-13-30)11-15-32(31)48-26(3)7-5-6-16-45-35(24)21-39(4)20-27-8-14-33-34(17-27)47-23-46-33/h8-15,17-18,24-26,35,38,41H,5-7,16,19-23H2,1-4H3/t24-,25+,26-,35-/m1/s1. The van der Waals surface area contributed by atoms with Gasteiger partial charge in [-0.15, -0.1) is 0 Å². The molecule has 2 heterocycles. The average Bonchev–Trinajstić information content (AvgIpc) is 3.54. The fourth-order valence-corrected chi connectivity index (χ4v) is 7.17. The summed E-state index contributed by atoms with van der Waals surface area (Å²) in [5, 5.41) is 10.7. The molecule has 266 valence electrons. The second kappa shape index (κ2) is 16.4. The zero-order valence-corrected chi connectivity index (χ0v) is 30.0. The molecule has 49 heavy (non-hydrogen) atoms. The van der Waals surface area contributed by atoms with Gasteiger partial charge in [0.2, 0.25) is 6.79 Å². The lowest BCUT2D eigenvalue weighted by atomic mass is 10.0. The molecule has 0 spiro atoms. The van der Waals surface area contributed by atoms with E-state index >= 15 is 0 Å². The molecule has 3 aromatic carbocycles. The summed E-state index contributed by atoms with van der Waals surface area (Å²) < 4.78 is 52.8. The van der Waals surface area contributed by atoms with E-state index in [1.54, 1.807) is 24.0 Å². The first kappa shape index (κ1) is 36.7. The van der Waals surface area contributed by atoms with Crippen molar-refractivity contribution < 1.29 is 37.3 Å². The Labute approximate surface area is 294 Å². The monoisotopic (exact) mass is 715 g/mol. The van der Waals surface area contributed by atoms with Crippen LogP contribution in [0.1, 0.15) is 56.0 Å². The average molecular weight is 716 g/mol. The molecule has 0 saturated heterocycles. The van der Waals surface area contributed by atoms with E-state index < -0.39 is 16.1 Å². The van der Waals surface area contributed by atoms with Crippen LogP contribution in [0.4, 0.5) is 5.69 Å². The van der Waals surface area contributed by atoms with Crippen LogP contribution in [0.2, 0.25) is 5.02 Å². The van der Waals surface area contributed by atoms with Crippen molar-refractivity contribution in [1.82, 2.24) is 9.80 Å². The van der Waals surface area contributed by atoms with E-state index in [9.17, 15) is 18.3 Å². The van der Waals surface area contributed by atoms with Crippen molar-refractivity contribution in [2.24, 2.45) is 5.92 Å². The van der Waals surface area contributed by atoms with Gasteiger partial charge >= 0.3 is 0 Å². The number of fused-ring (bicyclic) bond motifs is 2. The minimum absolute atomic E-state index is 0.0343. The minimum atomic E-state index is -3.97. The van der Waals surface area contributed by atoms with Gasteiger partial charge in [0, 0.05) is 42.9 Å². The maximum absolute atomic E-state index is 14.4. The van der Waals surface area contributed by atoms with Crippen molar-refractivity contribution in [1.29, 1.82) is 0 Å². The van der Waals surface area contributed by atoms with Crippen molar-refractivity contribution in [3.8, 4) is 17.2 Å². The molecule has 4 atom stereocenters. The molecule has 2 N–H and O–H groups in total. The first-order valence-electron chi connectivity index (χ1n) is 16.6. The number of benzene rings is 3. The molecule has 0 fully saturated rings. The number of ether oxygens (including phenoxy) is 4. The number of anilines is 1. The zero-order valence-electron chi connectivity index (χ0n) is 28.4. The summed E-state index contributed by atoms with van der Waals surface area (Å²) in [7, 11) is -1.94. The lowest BCUT2D eigenvalue weighted by molar-refractivity contribution is -0.0177. The van der Waals surface area contributed by atoms with Crippen LogP contribution in [0.3, 0.4) is 0 Å². The normalized spacial score (nSPS) is 21.1. The number of carbonyl (C=O) groups excluding carboxylic acids is 1. The second-order valence-electron chi connectivity index (χ2n) is 13.0. The van der Waals surface area contributed by atoms with Gasteiger partial charge < -0.3 is 29.0 Å². The number of nitrogens with zero attached hydrogens (tertiary/aromatic N) is 2. The Morgan fingerprint density at radius 3 is 2.51 bits per heavy atom. The molecule has 0 radical (unpaired) electrons. The van der Waals surface area contributed by atoms with Crippen LogP contribution in [-0.4, -0.2) is 87.6 Å². The molecule has 0 unspecified atom stereocenters. The number of likely N-dealkylation sites (N-methyl/N-ethyl adjacent to an activating group) is 1. The highest BCUT2D eigenvalue weighted by Gasteiger charge is 2.31. The Morgan fingerprint density at radius 2 is 1.76 bits per heavy atom. The van der Waals surface area contributed by atoms with Gasteiger partial charge in [0.1, 0.15) is 5.75 Å². The molecule has 5 rings (SSSR count). The molecular formula is C36H46ClN3O8S. The fraction of sp³-hybridized carbons (Fsp3) is 0.472. The van der Waals surface area contributed by atoms with Crippen molar-refractivity contribution >= 4 is 33.2 Å². The number of aliphatic hydroxyl groups excluding tert-OH is 1. The van der Waals surface area contributed by atoms with E-state index in [2.05, 4.69) is 9.62 Å². The highest BCUT2D eigenvalue weighted by atomic mass is 35.5. The smallest absolute Gasteiger partial charge is 0.261 e. The molecule has 0 aliphatic carbocycles. The molecule has 2 aliphatic rings. The lowest BCUT2D eigenvalue weighted by Gasteiger charge is -2.36. The number of halogens is 1. The third-order valence-electron chi connectivity index (χ3n) is 8.81. The summed E-state index contributed by atoms with van der Waals surface area (Å²) >= 11 is 5.96. The Morgan fingerprint density at radius 1 is 1.02 bits per heavy atom. The summed E-state index contributed by atoms with van der Waals surface area (Å²) in [6.45, 7) is 7.87. The molecule has 3 aromatic rings. The number of hydrogen-bond acceptors (Lipinski definition) is 9. The van der Waals surface area contributed by atoms with E-state index in [0.29, 0.717) is 37.0 Å². The van der Waals surface area contributed by atoms with Crippen LogP contribution in [0.5, 0.6) is 17.2 Å². The van der Waals surface area contributed by atoms with Gasteiger partial charge in [-0.2, -0.15) is 0 Å². The fourth-order valence-electron chi connectivity index (χ4n) is 6.00. The van der Waals surface area contributed by atoms with E-state index in [1.807, 2.05) is 39.1 Å². The molecular weight excluding hydrogens is 670 g/mol. The highest BCUT2D eigenvalue weighted by Crippen LogP contribution is 2.33. The van der Waals surface area contributed by atoms with Gasteiger partial charge in [0.05, 0.1) is 35.3 Å². The number of nitrogens with one attached hydrogen (secondary N) is 1. The molecule has 11 nitrogen and oxygen atoms in total. The minimum Gasteiger partial charge on any atom is -0.490 e. The maximum atomic E-state index is 14.4. The number of sulfonamides is 1. The summed E-state index contributed by atoms with van der Waals surface area (Å²) in [5.41, 5.74) is 1.49. The van der Waals surface area contributed by atoms with Crippen molar-refractivity contribution in [3.05, 3.63) is 76.8 Å². The van der Waals surface area contributed by atoms with E-state index in [0.717, 1.165) is 36.3 Å². The zero-order chi connectivity index (χ0) is 35.1. The van der Waals surface area contributed by atoms with Crippen molar-refractivity contribution in [2.45, 2.75) is 69.7 Å². The third-order valence-corrected chi connectivity index (χ3v) is 10.5. The number of hydrogen-bond donors (Lipinski definition) is 2. The van der Waals surface area contributed by atoms with E-state index in [4.69, 9.17) is 30.5 Å². The highest BCUT2D eigenvalue weighted by molar-refractivity contribution is 7.92. The maximum Gasteiger partial charge on any atom is 0.261 e. The summed E-state index contributed by atoms with van der Waals surface area (Å²) in [6.07, 6.45) is 2.02. The Balaban J connectivity index is 1.40. The summed E-state index contributed by atoms with van der Waals surface area (Å²) in [6, 6.07) is 15.9. The van der Waals surface area contributed by atoms with Gasteiger partial charge in [0.15, 0.2) is 11.5 Å². The summed E-state index contributed by atoms with van der Waals surface area (Å²) in [5.74, 6) is 1.33.